The normalized spacial score (nSPS) is 16.1. The van der Waals surface area contributed by atoms with Crippen molar-refractivity contribution in [1.29, 1.82) is 0 Å². The number of hydrogen-bond acceptors (Lipinski definition) is 7. The molecule has 0 amide bonds. The van der Waals surface area contributed by atoms with Gasteiger partial charge in [-0.15, -0.1) is 0 Å². The number of carbonyl (C=O) groups excluding carboxylic acids is 1. The molecule has 1 aromatic heterocycles. The molecule has 2 aromatic carbocycles. The monoisotopic (exact) mass is 554 g/mol. The third-order valence-electron chi connectivity index (χ3n) is 6.19. The molecule has 1 aliphatic rings. The molecule has 0 saturated carbocycles. The highest BCUT2D eigenvalue weighted by Crippen LogP contribution is 2.34. The summed E-state index contributed by atoms with van der Waals surface area (Å²) in [6.07, 6.45) is 2.71. The van der Waals surface area contributed by atoms with Gasteiger partial charge in [-0.3, -0.25) is 9.36 Å². The zero-order valence-electron chi connectivity index (χ0n) is 22.1. The second-order valence-electron chi connectivity index (χ2n) is 8.80. The standard InChI is InChI=1S/C29H31ClN2O5S/c1-6-17(4)37-22-14-13-19(15-23(22)35-7-2)16-24-27(33)32-26(20-11-9-10-12-21(20)30)25(28(34)36-8-3)18(5)31-29(32)38-24/h9-17,26H,6-8H2,1-5H3/b24-16+/t17-,26-/m0/s1. The summed E-state index contributed by atoms with van der Waals surface area (Å²) in [6.45, 7) is 10.2. The van der Waals surface area contributed by atoms with E-state index >= 15 is 0 Å². The number of ether oxygens (including phenoxy) is 3. The van der Waals surface area contributed by atoms with E-state index in [9.17, 15) is 9.59 Å². The van der Waals surface area contributed by atoms with Crippen LogP contribution in [0.1, 0.15) is 58.2 Å². The predicted octanol–water partition coefficient (Wildman–Crippen LogP) is 5.03. The maximum Gasteiger partial charge on any atom is 0.338 e. The van der Waals surface area contributed by atoms with Crippen molar-refractivity contribution in [1.82, 2.24) is 4.57 Å². The van der Waals surface area contributed by atoms with E-state index in [4.69, 9.17) is 25.8 Å². The molecule has 4 rings (SSSR count). The number of allylic oxidation sites excluding steroid dienone is 1. The van der Waals surface area contributed by atoms with E-state index in [0.29, 0.717) is 49.3 Å². The number of thiazole rings is 1. The van der Waals surface area contributed by atoms with Crippen LogP contribution in [0.2, 0.25) is 5.02 Å². The molecule has 1 aliphatic heterocycles. The van der Waals surface area contributed by atoms with Crippen molar-refractivity contribution < 1.29 is 19.0 Å². The zero-order chi connectivity index (χ0) is 27.4. The highest BCUT2D eigenvalue weighted by molar-refractivity contribution is 7.07. The molecular formula is C29H31ClN2O5S. The molecule has 3 aromatic rings. The van der Waals surface area contributed by atoms with Gasteiger partial charge in [-0.05, 0) is 69.5 Å². The van der Waals surface area contributed by atoms with Gasteiger partial charge in [0, 0.05) is 5.02 Å². The topological polar surface area (TPSA) is 79.1 Å². The van der Waals surface area contributed by atoms with Gasteiger partial charge >= 0.3 is 5.97 Å². The zero-order valence-corrected chi connectivity index (χ0v) is 23.7. The Balaban J connectivity index is 1.87. The lowest BCUT2D eigenvalue weighted by Crippen LogP contribution is -2.40. The number of carbonyl (C=O) groups is 1. The molecule has 0 unspecified atom stereocenters. The van der Waals surface area contributed by atoms with E-state index in [2.05, 4.69) is 11.9 Å². The second kappa shape index (κ2) is 12.0. The Morgan fingerprint density at radius 2 is 1.92 bits per heavy atom. The Bertz CT molecular complexity index is 1560. The molecule has 200 valence electrons. The van der Waals surface area contributed by atoms with E-state index in [1.54, 1.807) is 32.1 Å². The summed E-state index contributed by atoms with van der Waals surface area (Å²) >= 11 is 7.82. The lowest BCUT2D eigenvalue weighted by molar-refractivity contribution is -0.139. The fourth-order valence-electron chi connectivity index (χ4n) is 4.21. The average molecular weight is 555 g/mol. The summed E-state index contributed by atoms with van der Waals surface area (Å²) in [5.74, 6) is 0.753. The molecule has 9 heteroatoms. The van der Waals surface area contributed by atoms with Crippen LogP contribution >= 0.6 is 22.9 Å². The quantitative estimate of drug-likeness (QED) is 0.347. The molecule has 0 spiro atoms. The molecule has 0 fully saturated rings. The van der Waals surface area contributed by atoms with Crippen LogP contribution in [0.15, 0.2) is 63.5 Å². The first-order valence-corrected chi connectivity index (χ1v) is 13.9. The summed E-state index contributed by atoms with van der Waals surface area (Å²) in [7, 11) is 0. The molecule has 0 aliphatic carbocycles. The third-order valence-corrected chi connectivity index (χ3v) is 7.51. The second-order valence-corrected chi connectivity index (χ2v) is 10.2. The van der Waals surface area contributed by atoms with Crippen molar-refractivity contribution in [3.63, 3.8) is 0 Å². The predicted molar refractivity (Wildman–Crippen MR) is 150 cm³/mol. The Hall–Kier alpha value is -3.36. The van der Waals surface area contributed by atoms with Gasteiger partial charge in [-0.2, -0.15) is 0 Å². The van der Waals surface area contributed by atoms with E-state index in [1.165, 1.54) is 15.9 Å². The van der Waals surface area contributed by atoms with Crippen molar-refractivity contribution in [2.75, 3.05) is 13.2 Å². The van der Waals surface area contributed by atoms with Gasteiger partial charge in [0.05, 0.1) is 35.1 Å². The first kappa shape index (κ1) is 27.7. The molecule has 0 radical (unpaired) electrons. The van der Waals surface area contributed by atoms with E-state index < -0.39 is 12.0 Å². The van der Waals surface area contributed by atoms with Crippen molar-refractivity contribution in [2.24, 2.45) is 4.99 Å². The van der Waals surface area contributed by atoms with Gasteiger partial charge in [0.1, 0.15) is 6.04 Å². The lowest BCUT2D eigenvalue weighted by atomic mass is 9.96. The smallest absolute Gasteiger partial charge is 0.338 e. The van der Waals surface area contributed by atoms with Crippen LogP contribution in [0.4, 0.5) is 0 Å². The fourth-order valence-corrected chi connectivity index (χ4v) is 5.50. The number of fused-ring (bicyclic) bond motifs is 1. The highest BCUT2D eigenvalue weighted by Gasteiger charge is 2.34. The molecule has 0 bridgehead atoms. The SMILES string of the molecule is CCOC(=O)C1=C(C)N=c2s/c(=C/c3ccc(O[C@@H](C)CC)c(OCC)c3)c(=O)n2[C@H]1c1ccccc1Cl. The van der Waals surface area contributed by atoms with Crippen LogP contribution in [-0.2, 0) is 9.53 Å². The largest absolute Gasteiger partial charge is 0.490 e. The Morgan fingerprint density at radius 3 is 2.61 bits per heavy atom. The number of hydrogen-bond donors (Lipinski definition) is 0. The Morgan fingerprint density at radius 1 is 1.16 bits per heavy atom. The van der Waals surface area contributed by atoms with Crippen molar-refractivity contribution in [3.05, 3.63) is 89.6 Å². The number of nitrogens with zero attached hydrogens (tertiary/aromatic N) is 2. The molecule has 7 nitrogen and oxygen atoms in total. The summed E-state index contributed by atoms with van der Waals surface area (Å²) in [4.78, 5) is 31.9. The lowest BCUT2D eigenvalue weighted by Gasteiger charge is -2.25. The van der Waals surface area contributed by atoms with Crippen LogP contribution in [0, 0.1) is 0 Å². The molecular weight excluding hydrogens is 524 g/mol. The number of rotatable bonds is 9. The van der Waals surface area contributed by atoms with E-state index in [1.807, 2.05) is 44.2 Å². The van der Waals surface area contributed by atoms with Crippen LogP contribution < -0.4 is 24.4 Å². The maximum atomic E-state index is 13.8. The van der Waals surface area contributed by atoms with Gasteiger partial charge in [0.15, 0.2) is 16.3 Å². The van der Waals surface area contributed by atoms with E-state index in [0.717, 1.165) is 12.0 Å². The number of halogens is 1. The Kier molecular flexibility index (Phi) is 8.74. The molecule has 2 heterocycles. The molecule has 0 N–H and O–H groups in total. The van der Waals surface area contributed by atoms with Crippen molar-refractivity contribution in [2.45, 2.75) is 53.2 Å². The van der Waals surface area contributed by atoms with Gasteiger partial charge < -0.3 is 14.2 Å². The molecule has 38 heavy (non-hydrogen) atoms. The third kappa shape index (κ3) is 5.56. The van der Waals surface area contributed by atoms with Crippen molar-refractivity contribution >= 4 is 35.0 Å². The van der Waals surface area contributed by atoms with Gasteiger partial charge in [-0.1, -0.05) is 54.1 Å². The first-order valence-electron chi connectivity index (χ1n) is 12.7. The Labute approximate surface area is 230 Å². The number of benzene rings is 2. The van der Waals surface area contributed by atoms with E-state index in [-0.39, 0.29) is 18.3 Å². The summed E-state index contributed by atoms with van der Waals surface area (Å²) in [6, 6.07) is 12.0. The minimum atomic E-state index is -0.758. The van der Waals surface area contributed by atoms with Gasteiger partial charge in [-0.25, -0.2) is 9.79 Å². The fraction of sp³-hybridized carbons (Fsp3) is 0.345. The summed E-state index contributed by atoms with van der Waals surface area (Å²) in [5.41, 5.74) is 1.93. The van der Waals surface area contributed by atoms with Crippen LogP contribution in [0.25, 0.3) is 6.08 Å². The number of esters is 1. The minimum Gasteiger partial charge on any atom is -0.490 e. The maximum absolute atomic E-state index is 13.8. The number of aromatic nitrogens is 1. The summed E-state index contributed by atoms with van der Waals surface area (Å²) < 4.78 is 19.2. The summed E-state index contributed by atoms with van der Waals surface area (Å²) in [5, 5.41) is 0.446. The average Bonchev–Trinajstić information content (AvgIpc) is 3.19. The van der Waals surface area contributed by atoms with Crippen LogP contribution in [0.3, 0.4) is 0 Å². The highest BCUT2D eigenvalue weighted by atomic mass is 35.5. The molecule has 0 saturated heterocycles. The van der Waals surface area contributed by atoms with Gasteiger partial charge in [0.2, 0.25) is 0 Å². The van der Waals surface area contributed by atoms with Gasteiger partial charge in [0.25, 0.3) is 5.56 Å². The minimum absolute atomic E-state index is 0.0467. The van der Waals surface area contributed by atoms with Crippen LogP contribution in [0.5, 0.6) is 11.5 Å². The van der Waals surface area contributed by atoms with Crippen molar-refractivity contribution in [3.8, 4) is 11.5 Å². The molecule has 2 atom stereocenters. The first-order chi connectivity index (χ1) is 18.3. The van der Waals surface area contributed by atoms with Crippen LogP contribution in [-0.4, -0.2) is 29.9 Å².